The van der Waals surface area contributed by atoms with Crippen LogP contribution in [-0.2, 0) is 4.79 Å². The quantitative estimate of drug-likeness (QED) is 0.866. The highest BCUT2D eigenvalue weighted by Crippen LogP contribution is 2.34. The summed E-state index contributed by atoms with van der Waals surface area (Å²) in [4.78, 5) is 12.1. The molecule has 2 aliphatic heterocycles. The Bertz CT molecular complexity index is 494. The monoisotopic (exact) mass is 268 g/mol. The molecule has 0 aromatic heterocycles. The lowest BCUT2D eigenvalue weighted by molar-refractivity contribution is -0.120. The van der Waals surface area contributed by atoms with Crippen LogP contribution in [0.3, 0.4) is 0 Å². The molecule has 0 aliphatic carbocycles. The molecule has 2 N–H and O–H groups in total. The van der Waals surface area contributed by atoms with Crippen molar-refractivity contribution in [2.45, 2.75) is 31.3 Å². The fourth-order valence-electron chi connectivity index (χ4n) is 2.93. The van der Waals surface area contributed by atoms with E-state index in [9.17, 15) is 9.18 Å². The molecule has 1 amide bonds. The van der Waals surface area contributed by atoms with Gasteiger partial charge in [0, 0.05) is 12.1 Å². The highest BCUT2D eigenvalue weighted by Gasteiger charge is 2.42. The Kier molecular flexibility index (Phi) is 2.99. The van der Waals surface area contributed by atoms with Gasteiger partial charge in [-0.15, -0.1) is 0 Å². The van der Waals surface area contributed by atoms with Gasteiger partial charge in [-0.3, -0.25) is 4.79 Å². The molecule has 1 aromatic carbocycles. The number of anilines is 1. The van der Waals surface area contributed by atoms with Crippen molar-refractivity contribution in [2.75, 3.05) is 5.32 Å². The van der Waals surface area contributed by atoms with E-state index in [0.29, 0.717) is 16.8 Å². The van der Waals surface area contributed by atoms with E-state index in [0.717, 1.165) is 19.3 Å². The number of hydrogen-bond donors (Lipinski definition) is 2. The molecule has 5 heteroatoms. The second kappa shape index (κ2) is 4.52. The summed E-state index contributed by atoms with van der Waals surface area (Å²) < 4.78 is 13.1. The lowest BCUT2D eigenvalue weighted by Gasteiger charge is -2.19. The maximum atomic E-state index is 13.1. The Balaban J connectivity index is 1.72. The van der Waals surface area contributed by atoms with E-state index < -0.39 is 5.82 Å². The van der Waals surface area contributed by atoms with Crippen molar-refractivity contribution < 1.29 is 9.18 Å². The number of rotatable bonds is 2. The molecule has 2 heterocycles. The van der Waals surface area contributed by atoms with Gasteiger partial charge in [0.1, 0.15) is 5.82 Å². The molecule has 0 radical (unpaired) electrons. The summed E-state index contributed by atoms with van der Waals surface area (Å²) in [6.45, 7) is 0. The Morgan fingerprint density at radius 3 is 2.94 bits per heavy atom. The molecule has 0 saturated carbocycles. The first-order chi connectivity index (χ1) is 8.63. The minimum atomic E-state index is -0.402. The van der Waals surface area contributed by atoms with Crippen LogP contribution >= 0.6 is 11.6 Å². The first-order valence-electron chi connectivity index (χ1n) is 6.15. The van der Waals surface area contributed by atoms with Gasteiger partial charge in [-0.05, 0) is 37.5 Å². The van der Waals surface area contributed by atoms with Gasteiger partial charge in [0.25, 0.3) is 0 Å². The van der Waals surface area contributed by atoms with Crippen LogP contribution in [0.4, 0.5) is 10.1 Å². The van der Waals surface area contributed by atoms with Crippen LogP contribution in [0.2, 0.25) is 5.02 Å². The summed E-state index contributed by atoms with van der Waals surface area (Å²) >= 11 is 5.93. The van der Waals surface area contributed by atoms with Crippen LogP contribution in [-0.4, -0.2) is 18.0 Å². The van der Waals surface area contributed by atoms with E-state index in [4.69, 9.17) is 11.6 Å². The van der Waals surface area contributed by atoms with Gasteiger partial charge in [0.2, 0.25) is 5.91 Å². The molecule has 96 valence electrons. The maximum absolute atomic E-state index is 13.1. The number of benzene rings is 1. The molecular weight excluding hydrogens is 255 g/mol. The zero-order valence-corrected chi connectivity index (χ0v) is 10.5. The molecule has 1 aromatic rings. The minimum Gasteiger partial charge on any atom is -0.324 e. The Labute approximate surface area is 110 Å². The predicted molar refractivity (Wildman–Crippen MR) is 68.1 cm³/mol. The van der Waals surface area contributed by atoms with Gasteiger partial charge in [-0.2, -0.15) is 0 Å². The van der Waals surface area contributed by atoms with E-state index in [1.807, 2.05) is 0 Å². The number of fused-ring (bicyclic) bond motifs is 2. The van der Waals surface area contributed by atoms with Crippen molar-refractivity contribution in [1.82, 2.24) is 5.32 Å². The summed E-state index contributed by atoms with van der Waals surface area (Å²) in [5, 5.41) is 6.49. The minimum absolute atomic E-state index is 0.0249. The second-order valence-electron chi connectivity index (χ2n) is 5.00. The van der Waals surface area contributed by atoms with Crippen LogP contribution in [0.1, 0.15) is 19.3 Å². The van der Waals surface area contributed by atoms with Crippen LogP contribution in [0.5, 0.6) is 0 Å². The summed E-state index contributed by atoms with van der Waals surface area (Å²) in [5.74, 6) is -0.494. The third-order valence-electron chi connectivity index (χ3n) is 3.82. The lowest BCUT2D eigenvalue weighted by atomic mass is 9.88. The van der Waals surface area contributed by atoms with Crippen molar-refractivity contribution in [3.63, 3.8) is 0 Å². The molecule has 2 aliphatic rings. The van der Waals surface area contributed by atoms with E-state index >= 15 is 0 Å². The molecule has 0 spiro atoms. The molecule has 3 atom stereocenters. The third kappa shape index (κ3) is 2.10. The van der Waals surface area contributed by atoms with Crippen molar-refractivity contribution in [1.29, 1.82) is 0 Å². The molecule has 3 rings (SSSR count). The predicted octanol–water partition coefficient (Wildman–Crippen LogP) is 2.56. The SMILES string of the molecule is O=C(Nc1cc(F)ccc1Cl)C1CC2CCC1N2. The normalized spacial score (nSPS) is 29.6. The fourth-order valence-corrected chi connectivity index (χ4v) is 3.10. The van der Waals surface area contributed by atoms with Crippen LogP contribution in [0, 0.1) is 11.7 Å². The summed E-state index contributed by atoms with van der Waals surface area (Å²) in [6.07, 6.45) is 3.05. The number of nitrogens with one attached hydrogen (secondary N) is 2. The summed E-state index contributed by atoms with van der Waals surface area (Å²) in [6, 6.07) is 4.71. The second-order valence-corrected chi connectivity index (χ2v) is 5.41. The van der Waals surface area contributed by atoms with Crippen molar-refractivity contribution in [2.24, 2.45) is 5.92 Å². The molecular formula is C13H14ClFN2O. The molecule has 2 saturated heterocycles. The van der Waals surface area contributed by atoms with E-state index in [1.165, 1.54) is 18.2 Å². The Morgan fingerprint density at radius 1 is 1.44 bits per heavy atom. The zero-order valence-electron chi connectivity index (χ0n) is 9.75. The third-order valence-corrected chi connectivity index (χ3v) is 4.15. The topological polar surface area (TPSA) is 41.1 Å². The number of carbonyl (C=O) groups is 1. The standard InChI is InChI=1S/C13H14ClFN2O/c14-10-3-1-7(15)5-12(10)17-13(18)9-6-8-2-4-11(9)16-8/h1,3,5,8-9,11,16H,2,4,6H2,(H,17,18). The van der Waals surface area contributed by atoms with Crippen LogP contribution in [0.15, 0.2) is 18.2 Å². The van der Waals surface area contributed by atoms with Gasteiger partial charge < -0.3 is 10.6 Å². The van der Waals surface area contributed by atoms with Crippen LogP contribution < -0.4 is 10.6 Å². The highest BCUT2D eigenvalue weighted by molar-refractivity contribution is 6.33. The largest absolute Gasteiger partial charge is 0.324 e. The summed E-state index contributed by atoms with van der Waals surface area (Å²) in [7, 11) is 0. The lowest BCUT2D eigenvalue weighted by Crippen LogP contribution is -2.32. The first-order valence-corrected chi connectivity index (χ1v) is 6.53. The number of halogens is 2. The van der Waals surface area contributed by atoms with E-state index in [-0.39, 0.29) is 17.9 Å². The van der Waals surface area contributed by atoms with Gasteiger partial charge in [0.05, 0.1) is 16.6 Å². The number of carbonyl (C=O) groups excluding carboxylic acids is 1. The molecule has 2 bridgehead atoms. The Morgan fingerprint density at radius 2 is 2.28 bits per heavy atom. The maximum Gasteiger partial charge on any atom is 0.229 e. The zero-order chi connectivity index (χ0) is 12.7. The molecule has 3 nitrogen and oxygen atoms in total. The Hall–Kier alpha value is -1.13. The number of hydrogen-bond acceptors (Lipinski definition) is 2. The van der Waals surface area contributed by atoms with Gasteiger partial charge in [-0.1, -0.05) is 11.6 Å². The van der Waals surface area contributed by atoms with Gasteiger partial charge in [0.15, 0.2) is 0 Å². The molecule has 18 heavy (non-hydrogen) atoms. The van der Waals surface area contributed by atoms with Crippen molar-refractivity contribution >= 4 is 23.2 Å². The molecule has 3 unspecified atom stereocenters. The molecule has 2 fully saturated rings. The number of amides is 1. The first kappa shape index (κ1) is 11.9. The smallest absolute Gasteiger partial charge is 0.229 e. The summed E-state index contributed by atoms with van der Waals surface area (Å²) in [5.41, 5.74) is 0.351. The fraction of sp³-hybridized carbons (Fsp3) is 0.462. The van der Waals surface area contributed by atoms with Crippen molar-refractivity contribution in [3.05, 3.63) is 29.0 Å². The van der Waals surface area contributed by atoms with E-state index in [2.05, 4.69) is 10.6 Å². The average molecular weight is 269 g/mol. The van der Waals surface area contributed by atoms with Crippen LogP contribution in [0.25, 0.3) is 0 Å². The van der Waals surface area contributed by atoms with Gasteiger partial charge >= 0.3 is 0 Å². The average Bonchev–Trinajstić information content (AvgIpc) is 2.96. The van der Waals surface area contributed by atoms with Gasteiger partial charge in [-0.25, -0.2) is 4.39 Å². The van der Waals surface area contributed by atoms with E-state index in [1.54, 1.807) is 0 Å². The highest BCUT2D eigenvalue weighted by atomic mass is 35.5. The van der Waals surface area contributed by atoms with Crippen molar-refractivity contribution in [3.8, 4) is 0 Å².